The Morgan fingerprint density at radius 2 is 2.00 bits per heavy atom. The first-order valence-corrected chi connectivity index (χ1v) is 8.62. The molecule has 26 heavy (non-hydrogen) atoms. The van der Waals surface area contributed by atoms with Gasteiger partial charge in [0.05, 0.1) is 19.5 Å². The Kier molecular flexibility index (Phi) is 6.79. The highest BCUT2D eigenvalue weighted by atomic mass is 32.2. The Morgan fingerprint density at radius 3 is 2.58 bits per heavy atom. The summed E-state index contributed by atoms with van der Waals surface area (Å²) in [7, 11) is 2.80. The van der Waals surface area contributed by atoms with Gasteiger partial charge in [-0.05, 0) is 31.2 Å². The van der Waals surface area contributed by atoms with Crippen LogP contribution in [0.5, 0.6) is 5.75 Å². The number of ether oxygens (including phenoxy) is 2. The molecule has 138 valence electrons. The summed E-state index contributed by atoms with van der Waals surface area (Å²) in [5.41, 5.74) is 0.860. The van der Waals surface area contributed by atoms with Gasteiger partial charge in [-0.3, -0.25) is 14.7 Å². The van der Waals surface area contributed by atoms with Gasteiger partial charge >= 0.3 is 6.09 Å². The van der Waals surface area contributed by atoms with Crippen LogP contribution in [0.15, 0.2) is 42.1 Å². The highest BCUT2D eigenvalue weighted by Crippen LogP contribution is 2.28. The molecule has 0 radical (unpaired) electrons. The molecule has 0 spiro atoms. The van der Waals surface area contributed by atoms with Crippen molar-refractivity contribution >= 4 is 23.8 Å². The number of carbonyl (C=O) groups excluding carboxylic acids is 2. The van der Waals surface area contributed by atoms with Crippen LogP contribution in [0, 0.1) is 0 Å². The predicted octanol–water partition coefficient (Wildman–Crippen LogP) is 2.50. The van der Waals surface area contributed by atoms with Crippen molar-refractivity contribution in [1.82, 2.24) is 20.1 Å². The third-order valence-electron chi connectivity index (χ3n) is 3.44. The lowest BCUT2D eigenvalue weighted by Gasteiger charge is -2.12. The van der Waals surface area contributed by atoms with Crippen LogP contribution in [-0.2, 0) is 16.1 Å². The second-order valence-corrected chi connectivity index (χ2v) is 6.48. The monoisotopic (exact) mass is 376 g/mol. The summed E-state index contributed by atoms with van der Waals surface area (Å²) in [6.07, 6.45) is 0.925. The molecule has 0 saturated carbocycles. The van der Waals surface area contributed by atoms with Crippen LogP contribution in [-0.4, -0.2) is 46.2 Å². The SMILES string of the molecule is C=CCn1c(S[C@@H](C)C(=O)NC(=O)OC)nnc1-c1ccc(OC)cc1. The van der Waals surface area contributed by atoms with Crippen LogP contribution in [0.4, 0.5) is 4.79 Å². The van der Waals surface area contributed by atoms with Gasteiger partial charge in [-0.25, -0.2) is 4.79 Å². The van der Waals surface area contributed by atoms with Crippen molar-refractivity contribution in [3.05, 3.63) is 36.9 Å². The van der Waals surface area contributed by atoms with Crippen molar-refractivity contribution in [2.24, 2.45) is 0 Å². The minimum atomic E-state index is -0.797. The normalized spacial score (nSPS) is 11.5. The number of nitrogens with zero attached hydrogens (tertiary/aromatic N) is 3. The van der Waals surface area contributed by atoms with Gasteiger partial charge in [-0.2, -0.15) is 0 Å². The molecule has 2 amide bonds. The number of rotatable bonds is 7. The maximum atomic E-state index is 12.0. The van der Waals surface area contributed by atoms with Crippen molar-refractivity contribution < 1.29 is 19.1 Å². The molecule has 1 aromatic heterocycles. The third-order valence-corrected chi connectivity index (χ3v) is 4.52. The summed E-state index contributed by atoms with van der Waals surface area (Å²) in [6, 6.07) is 7.43. The molecular formula is C17H20N4O4S. The fourth-order valence-electron chi connectivity index (χ4n) is 2.09. The van der Waals surface area contributed by atoms with E-state index in [9.17, 15) is 9.59 Å². The zero-order chi connectivity index (χ0) is 19.1. The number of alkyl carbamates (subject to hydrolysis) is 1. The van der Waals surface area contributed by atoms with Gasteiger partial charge < -0.3 is 9.47 Å². The molecular weight excluding hydrogens is 356 g/mol. The fraction of sp³-hybridized carbons (Fsp3) is 0.294. The molecule has 0 bridgehead atoms. The Balaban J connectivity index is 2.23. The summed E-state index contributed by atoms with van der Waals surface area (Å²) in [5, 5.41) is 10.5. The number of aromatic nitrogens is 3. The molecule has 1 aromatic carbocycles. The van der Waals surface area contributed by atoms with Crippen LogP contribution >= 0.6 is 11.8 Å². The molecule has 0 unspecified atom stereocenters. The Bertz CT molecular complexity index is 789. The molecule has 0 aliphatic heterocycles. The smallest absolute Gasteiger partial charge is 0.413 e. The van der Waals surface area contributed by atoms with Gasteiger partial charge in [0, 0.05) is 12.1 Å². The summed E-state index contributed by atoms with van der Waals surface area (Å²) < 4.78 is 11.4. The summed E-state index contributed by atoms with van der Waals surface area (Å²) >= 11 is 1.19. The zero-order valence-electron chi connectivity index (χ0n) is 14.8. The first-order valence-electron chi connectivity index (χ1n) is 7.74. The first kappa shape index (κ1) is 19.5. The molecule has 0 fully saturated rings. The standard InChI is InChI=1S/C17H20N4O4S/c1-5-10-21-14(12-6-8-13(24-3)9-7-12)19-20-16(21)26-11(2)15(22)18-17(23)25-4/h5-9,11H,1,10H2,2-4H3,(H,18,22,23)/t11-/m0/s1. The van der Waals surface area contributed by atoms with E-state index in [2.05, 4.69) is 26.8 Å². The van der Waals surface area contributed by atoms with E-state index >= 15 is 0 Å². The summed E-state index contributed by atoms with van der Waals surface area (Å²) in [4.78, 5) is 23.2. The number of amides is 2. The number of thioether (sulfide) groups is 1. The Labute approximate surface area is 155 Å². The van der Waals surface area contributed by atoms with E-state index in [1.165, 1.54) is 18.9 Å². The van der Waals surface area contributed by atoms with Crippen molar-refractivity contribution in [3.8, 4) is 17.1 Å². The quantitative estimate of drug-likeness (QED) is 0.586. The summed E-state index contributed by atoms with van der Waals surface area (Å²) in [6.45, 7) is 5.90. The van der Waals surface area contributed by atoms with E-state index < -0.39 is 17.3 Å². The van der Waals surface area contributed by atoms with Crippen molar-refractivity contribution in [2.45, 2.75) is 23.9 Å². The van der Waals surface area contributed by atoms with E-state index in [0.717, 1.165) is 11.3 Å². The van der Waals surface area contributed by atoms with Crippen molar-refractivity contribution in [3.63, 3.8) is 0 Å². The second-order valence-electron chi connectivity index (χ2n) is 5.17. The molecule has 8 nitrogen and oxygen atoms in total. The second kappa shape index (κ2) is 9.04. The number of methoxy groups -OCH3 is 2. The van der Waals surface area contributed by atoms with Gasteiger partial charge in [0.15, 0.2) is 11.0 Å². The molecule has 0 aliphatic carbocycles. The van der Waals surface area contributed by atoms with Gasteiger partial charge in [-0.1, -0.05) is 17.8 Å². The average Bonchev–Trinajstić information content (AvgIpc) is 3.04. The Morgan fingerprint density at radius 1 is 1.31 bits per heavy atom. The highest BCUT2D eigenvalue weighted by molar-refractivity contribution is 8.00. The number of benzene rings is 1. The number of hydrogen-bond acceptors (Lipinski definition) is 7. The van der Waals surface area contributed by atoms with Crippen LogP contribution in [0.2, 0.25) is 0 Å². The lowest BCUT2D eigenvalue weighted by atomic mass is 10.2. The van der Waals surface area contributed by atoms with Crippen molar-refractivity contribution in [2.75, 3.05) is 14.2 Å². The van der Waals surface area contributed by atoms with E-state index in [1.807, 2.05) is 28.8 Å². The molecule has 1 N–H and O–H groups in total. The number of carbonyl (C=O) groups is 2. The van der Waals surface area contributed by atoms with Gasteiger partial charge in [0.25, 0.3) is 0 Å². The topological polar surface area (TPSA) is 95.3 Å². The molecule has 9 heteroatoms. The minimum Gasteiger partial charge on any atom is -0.497 e. The van der Waals surface area contributed by atoms with Crippen LogP contribution < -0.4 is 10.1 Å². The van der Waals surface area contributed by atoms with E-state index in [4.69, 9.17) is 4.74 Å². The maximum absolute atomic E-state index is 12.0. The van der Waals surface area contributed by atoms with E-state index in [-0.39, 0.29) is 0 Å². The first-order chi connectivity index (χ1) is 12.5. The molecule has 1 atom stereocenters. The maximum Gasteiger partial charge on any atom is 0.413 e. The molecule has 0 saturated heterocycles. The zero-order valence-corrected chi connectivity index (χ0v) is 15.6. The third kappa shape index (κ3) is 4.63. The number of allylic oxidation sites excluding steroid dienone is 1. The lowest BCUT2D eigenvalue weighted by molar-refractivity contribution is -0.119. The average molecular weight is 376 g/mol. The molecule has 2 rings (SSSR count). The minimum absolute atomic E-state index is 0.471. The largest absolute Gasteiger partial charge is 0.497 e. The summed E-state index contributed by atoms with van der Waals surface area (Å²) in [5.74, 6) is 0.919. The number of imide groups is 1. The van der Waals surface area contributed by atoms with Crippen LogP contribution in [0.3, 0.4) is 0 Å². The van der Waals surface area contributed by atoms with Gasteiger partial charge in [-0.15, -0.1) is 16.8 Å². The van der Waals surface area contributed by atoms with E-state index in [1.54, 1.807) is 20.1 Å². The number of nitrogens with one attached hydrogen (secondary N) is 1. The highest BCUT2D eigenvalue weighted by Gasteiger charge is 2.22. The van der Waals surface area contributed by atoms with Gasteiger partial charge in [0.1, 0.15) is 5.75 Å². The molecule has 0 aliphatic rings. The van der Waals surface area contributed by atoms with Crippen LogP contribution in [0.1, 0.15) is 6.92 Å². The van der Waals surface area contributed by atoms with Crippen molar-refractivity contribution in [1.29, 1.82) is 0 Å². The lowest BCUT2D eigenvalue weighted by Crippen LogP contribution is -2.36. The molecule has 2 aromatic rings. The molecule has 1 heterocycles. The van der Waals surface area contributed by atoms with Gasteiger partial charge in [0.2, 0.25) is 5.91 Å². The van der Waals surface area contributed by atoms with Crippen LogP contribution in [0.25, 0.3) is 11.4 Å². The number of hydrogen-bond donors (Lipinski definition) is 1. The van der Waals surface area contributed by atoms with E-state index in [0.29, 0.717) is 17.5 Å². The predicted molar refractivity (Wildman–Crippen MR) is 98.1 cm³/mol. The fourth-order valence-corrected chi connectivity index (χ4v) is 2.95. The Hall–Kier alpha value is -2.81.